The van der Waals surface area contributed by atoms with Crippen LogP contribution < -0.4 is 4.90 Å². The third kappa shape index (κ3) is 4.46. The van der Waals surface area contributed by atoms with Gasteiger partial charge in [0.1, 0.15) is 12.7 Å². The number of aromatic nitrogens is 1. The predicted molar refractivity (Wildman–Crippen MR) is 82.5 cm³/mol. The van der Waals surface area contributed by atoms with Crippen LogP contribution in [0.15, 0.2) is 10.7 Å². The van der Waals surface area contributed by atoms with Crippen molar-refractivity contribution < 1.29 is 28.3 Å². The highest BCUT2D eigenvalue weighted by Crippen LogP contribution is 2.17. The Morgan fingerprint density at radius 2 is 1.79 bits per heavy atom. The fourth-order valence-corrected chi connectivity index (χ4v) is 2.30. The number of rotatable bonds is 6. The van der Waals surface area contributed by atoms with Gasteiger partial charge < -0.3 is 23.7 Å². The second-order valence-corrected chi connectivity index (χ2v) is 5.09. The van der Waals surface area contributed by atoms with Crippen molar-refractivity contribution in [2.75, 3.05) is 44.3 Å². The smallest absolute Gasteiger partial charge is 0.360 e. The third-order valence-electron chi connectivity index (χ3n) is 3.48. The largest absolute Gasteiger partial charge is 0.466 e. The molecule has 0 spiro atoms. The van der Waals surface area contributed by atoms with Crippen molar-refractivity contribution in [2.24, 2.45) is 0 Å². The van der Waals surface area contributed by atoms with E-state index in [1.165, 1.54) is 6.26 Å². The molecule has 1 aromatic heterocycles. The lowest BCUT2D eigenvalue weighted by Gasteiger charge is -2.33. The Bertz CT molecular complexity index is 592. The first kappa shape index (κ1) is 17.8. The van der Waals surface area contributed by atoms with Crippen molar-refractivity contribution in [2.45, 2.75) is 20.3 Å². The van der Waals surface area contributed by atoms with E-state index in [-0.39, 0.29) is 31.2 Å². The summed E-state index contributed by atoms with van der Waals surface area (Å²) in [5.41, 5.74) is 0.118. The van der Waals surface area contributed by atoms with Crippen molar-refractivity contribution in [3.8, 4) is 0 Å². The lowest BCUT2D eigenvalue weighted by Crippen LogP contribution is -2.49. The van der Waals surface area contributed by atoms with E-state index in [1.54, 1.807) is 18.7 Å². The molecule has 132 valence electrons. The summed E-state index contributed by atoms with van der Waals surface area (Å²) in [6.07, 6.45) is 1.01. The Balaban J connectivity index is 1.85. The van der Waals surface area contributed by atoms with Crippen LogP contribution in [0.1, 0.15) is 30.8 Å². The molecular weight excluding hydrogens is 318 g/mol. The normalized spacial score (nSPS) is 14.4. The van der Waals surface area contributed by atoms with Gasteiger partial charge in [-0.15, -0.1) is 0 Å². The van der Waals surface area contributed by atoms with Gasteiger partial charge in [0, 0.05) is 26.2 Å². The molecule has 2 heterocycles. The summed E-state index contributed by atoms with van der Waals surface area (Å²) in [5, 5.41) is 0. The standard InChI is InChI=1S/C15H21N3O6/c1-3-22-13(20)9-12(19)17-5-7-18(8-6-17)15-16-11(10-24-15)14(21)23-4-2/h10H,3-9H2,1-2H3. The van der Waals surface area contributed by atoms with Crippen molar-refractivity contribution in [3.05, 3.63) is 12.0 Å². The topological polar surface area (TPSA) is 102 Å². The number of ether oxygens (including phenoxy) is 2. The van der Waals surface area contributed by atoms with Crippen molar-refractivity contribution >= 4 is 23.9 Å². The molecule has 0 radical (unpaired) electrons. The molecule has 1 aliphatic heterocycles. The zero-order valence-corrected chi connectivity index (χ0v) is 13.8. The number of amides is 1. The zero-order chi connectivity index (χ0) is 17.5. The van der Waals surface area contributed by atoms with Gasteiger partial charge in [0.05, 0.1) is 13.2 Å². The first-order chi connectivity index (χ1) is 11.5. The number of carbonyl (C=O) groups is 3. The highest BCUT2D eigenvalue weighted by Gasteiger charge is 2.26. The molecule has 0 atom stereocenters. The van der Waals surface area contributed by atoms with E-state index < -0.39 is 11.9 Å². The maximum Gasteiger partial charge on any atom is 0.360 e. The molecule has 9 nitrogen and oxygen atoms in total. The molecule has 0 N–H and O–H groups in total. The van der Waals surface area contributed by atoms with E-state index >= 15 is 0 Å². The van der Waals surface area contributed by atoms with Crippen LogP contribution in [-0.4, -0.2) is 67.1 Å². The summed E-state index contributed by atoms with van der Waals surface area (Å²) in [6.45, 7) is 5.81. The van der Waals surface area contributed by atoms with E-state index in [9.17, 15) is 14.4 Å². The first-order valence-corrected chi connectivity index (χ1v) is 7.86. The third-order valence-corrected chi connectivity index (χ3v) is 3.48. The van der Waals surface area contributed by atoms with E-state index in [1.807, 2.05) is 4.90 Å². The SMILES string of the molecule is CCOC(=O)CC(=O)N1CCN(c2nc(C(=O)OCC)co2)CC1. The second-order valence-electron chi connectivity index (χ2n) is 5.09. The summed E-state index contributed by atoms with van der Waals surface area (Å²) in [6, 6.07) is 0.315. The van der Waals surface area contributed by atoms with E-state index in [0.29, 0.717) is 32.2 Å². The number of hydrogen-bond acceptors (Lipinski definition) is 8. The van der Waals surface area contributed by atoms with Crippen LogP contribution in [0.25, 0.3) is 0 Å². The second kappa shape index (κ2) is 8.32. The molecule has 0 aromatic carbocycles. The number of piperazine rings is 1. The fraction of sp³-hybridized carbons (Fsp3) is 0.600. The van der Waals surface area contributed by atoms with Crippen LogP contribution in [0.4, 0.5) is 6.01 Å². The van der Waals surface area contributed by atoms with E-state index in [0.717, 1.165) is 0 Å². The maximum absolute atomic E-state index is 12.0. The molecule has 0 unspecified atom stereocenters. The molecule has 1 saturated heterocycles. The van der Waals surface area contributed by atoms with Gasteiger partial charge in [0.15, 0.2) is 5.69 Å². The molecule has 0 aliphatic carbocycles. The number of hydrogen-bond donors (Lipinski definition) is 0. The lowest BCUT2D eigenvalue weighted by molar-refractivity contribution is -0.148. The predicted octanol–water partition coefficient (Wildman–Crippen LogP) is 0.453. The summed E-state index contributed by atoms with van der Waals surface area (Å²) < 4.78 is 14.9. The number of oxazole rings is 1. The summed E-state index contributed by atoms with van der Waals surface area (Å²) >= 11 is 0. The Hall–Kier alpha value is -2.58. The van der Waals surface area contributed by atoms with Gasteiger partial charge in [-0.05, 0) is 13.8 Å². The number of esters is 2. The quantitative estimate of drug-likeness (QED) is 0.544. The minimum Gasteiger partial charge on any atom is -0.466 e. The van der Waals surface area contributed by atoms with Crippen molar-refractivity contribution in [3.63, 3.8) is 0 Å². The van der Waals surface area contributed by atoms with Gasteiger partial charge in [-0.1, -0.05) is 0 Å². The molecule has 1 aliphatic rings. The molecule has 9 heteroatoms. The Labute approximate surface area is 139 Å². The summed E-state index contributed by atoms with van der Waals surface area (Å²) in [7, 11) is 0. The monoisotopic (exact) mass is 339 g/mol. The van der Waals surface area contributed by atoms with Gasteiger partial charge in [-0.3, -0.25) is 9.59 Å². The molecule has 1 fully saturated rings. The summed E-state index contributed by atoms with van der Waals surface area (Å²) in [4.78, 5) is 42.5. The Morgan fingerprint density at radius 1 is 1.12 bits per heavy atom. The van der Waals surface area contributed by atoms with Gasteiger partial charge in [0.25, 0.3) is 6.01 Å². The highest BCUT2D eigenvalue weighted by atomic mass is 16.5. The van der Waals surface area contributed by atoms with E-state index in [4.69, 9.17) is 13.9 Å². The number of nitrogens with zero attached hydrogens (tertiary/aromatic N) is 3. The van der Waals surface area contributed by atoms with Crippen LogP contribution in [0.2, 0.25) is 0 Å². The average molecular weight is 339 g/mol. The Kier molecular flexibility index (Phi) is 6.16. The average Bonchev–Trinajstić information content (AvgIpc) is 3.05. The minimum atomic E-state index is -0.532. The van der Waals surface area contributed by atoms with Gasteiger partial charge in [-0.25, -0.2) is 4.79 Å². The van der Waals surface area contributed by atoms with E-state index in [2.05, 4.69) is 4.98 Å². The fourth-order valence-electron chi connectivity index (χ4n) is 2.30. The van der Waals surface area contributed by atoms with Crippen LogP contribution in [0.3, 0.4) is 0 Å². The van der Waals surface area contributed by atoms with Crippen LogP contribution in [0.5, 0.6) is 0 Å². The highest BCUT2D eigenvalue weighted by molar-refractivity contribution is 5.94. The molecule has 0 saturated carbocycles. The van der Waals surface area contributed by atoms with Crippen molar-refractivity contribution in [1.82, 2.24) is 9.88 Å². The molecule has 1 amide bonds. The zero-order valence-electron chi connectivity index (χ0n) is 13.8. The first-order valence-electron chi connectivity index (χ1n) is 7.86. The van der Waals surface area contributed by atoms with Crippen LogP contribution >= 0.6 is 0 Å². The van der Waals surface area contributed by atoms with Crippen molar-refractivity contribution in [1.29, 1.82) is 0 Å². The lowest BCUT2D eigenvalue weighted by atomic mass is 10.3. The molecule has 2 rings (SSSR count). The van der Waals surface area contributed by atoms with Gasteiger partial charge in [0.2, 0.25) is 5.91 Å². The number of anilines is 1. The molecule has 1 aromatic rings. The molecule has 0 bridgehead atoms. The van der Waals surface area contributed by atoms with Gasteiger partial charge >= 0.3 is 11.9 Å². The molecule has 24 heavy (non-hydrogen) atoms. The van der Waals surface area contributed by atoms with Crippen LogP contribution in [0, 0.1) is 0 Å². The molecular formula is C15H21N3O6. The Morgan fingerprint density at radius 3 is 2.42 bits per heavy atom. The minimum absolute atomic E-state index is 0.118. The van der Waals surface area contributed by atoms with Gasteiger partial charge in [-0.2, -0.15) is 4.98 Å². The number of carbonyl (C=O) groups excluding carboxylic acids is 3. The van der Waals surface area contributed by atoms with Crippen LogP contribution in [-0.2, 0) is 19.1 Å². The maximum atomic E-state index is 12.0. The summed E-state index contributed by atoms with van der Waals surface area (Å²) in [5.74, 6) is -1.31.